The molecule has 3 nitrogen and oxygen atoms in total. The number of hydrogen-bond donors (Lipinski definition) is 1. The summed E-state index contributed by atoms with van der Waals surface area (Å²) in [6.07, 6.45) is 6.60. The first-order chi connectivity index (χ1) is 8.63. The fraction of sp³-hybridized carbons (Fsp3) is 0.933. The summed E-state index contributed by atoms with van der Waals surface area (Å²) < 4.78 is 0. The predicted octanol–water partition coefficient (Wildman–Crippen LogP) is 2.80. The van der Waals surface area contributed by atoms with Gasteiger partial charge in [0.15, 0.2) is 0 Å². The molecule has 0 bridgehead atoms. The topological polar surface area (TPSA) is 32.3 Å². The zero-order valence-corrected chi connectivity index (χ0v) is 12.4. The van der Waals surface area contributed by atoms with Crippen LogP contribution in [0.25, 0.3) is 0 Å². The highest BCUT2D eigenvalue weighted by molar-refractivity contribution is 5.76. The van der Waals surface area contributed by atoms with Crippen LogP contribution < -0.4 is 5.32 Å². The molecule has 1 atom stereocenters. The van der Waals surface area contributed by atoms with Gasteiger partial charge in [0, 0.05) is 25.6 Å². The zero-order chi connectivity index (χ0) is 13.4. The van der Waals surface area contributed by atoms with Gasteiger partial charge in [0.05, 0.1) is 0 Å². The van der Waals surface area contributed by atoms with Gasteiger partial charge in [-0.05, 0) is 31.7 Å². The first-order valence-electron chi connectivity index (χ1n) is 7.64. The second-order valence-corrected chi connectivity index (χ2v) is 5.94. The van der Waals surface area contributed by atoms with Gasteiger partial charge in [0.2, 0.25) is 5.91 Å². The summed E-state index contributed by atoms with van der Waals surface area (Å²) in [7, 11) is 0. The smallest absolute Gasteiger partial charge is 0.222 e. The van der Waals surface area contributed by atoms with Gasteiger partial charge < -0.3 is 10.2 Å². The van der Waals surface area contributed by atoms with Crippen molar-refractivity contribution in [3.8, 4) is 0 Å². The number of carbonyl (C=O) groups excluding carboxylic acids is 1. The van der Waals surface area contributed by atoms with Gasteiger partial charge in [-0.1, -0.05) is 33.6 Å². The zero-order valence-electron chi connectivity index (χ0n) is 12.4. The molecule has 0 radical (unpaired) electrons. The van der Waals surface area contributed by atoms with Gasteiger partial charge in [0.1, 0.15) is 0 Å². The van der Waals surface area contributed by atoms with E-state index in [9.17, 15) is 4.79 Å². The second-order valence-electron chi connectivity index (χ2n) is 5.94. The van der Waals surface area contributed by atoms with E-state index >= 15 is 0 Å². The molecule has 1 rings (SSSR count). The standard InChI is InChI=1S/C15H30N2O/c1-4-5-6-9-15(18)17(11-13(2)3)12-14-8-7-10-16-14/h13-14,16H,4-12H2,1-3H3. The summed E-state index contributed by atoms with van der Waals surface area (Å²) in [5, 5.41) is 3.49. The van der Waals surface area contributed by atoms with Crippen molar-refractivity contribution in [3.05, 3.63) is 0 Å². The molecule has 0 aromatic rings. The first-order valence-corrected chi connectivity index (χ1v) is 7.64. The molecule has 1 amide bonds. The summed E-state index contributed by atoms with van der Waals surface area (Å²) in [4.78, 5) is 14.3. The van der Waals surface area contributed by atoms with Crippen LogP contribution in [0.2, 0.25) is 0 Å². The van der Waals surface area contributed by atoms with Gasteiger partial charge in [-0.25, -0.2) is 0 Å². The molecule has 1 heterocycles. The van der Waals surface area contributed by atoms with E-state index in [0.29, 0.717) is 17.9 Å². The normalized spacial score (nSPS) is 19.4. The fourth-order valence-electron chi connectivity index (χ4n) is 2.58. The second kappa shape index (κ2) is 8.52. The van der Waals surface area contributed by atoms with E-state index in [4.69, 9.17) is 0 Å². The van der Waals surface area contributed by atoms with E-state index in [1.54, 1.807) is 0 Å². The molecule has 0 aromatic heterocycles. The van der Waals surface area contributed by atoms with Crippen molar-refractivity contribution in [3.63, 3.8) is 0 Å². The summed E-state index contributed by atoms with van der Waals surface area (Å²) >= 11 is 0. The monoisotopic (exact) mass is 254 g/mol. The van der Waals surface area contributed by atoms with Gasteiger partial charge in [-0.2, -0.15) is 0 Å². The lowest BCUT2D eigenvalue weighted by atomic mass is 10.1. The summed E-state index contributed by atoms with van der Waals surface area (Å²) in [6.45, 7) is 9.48. The molecule has 18 heavy (non-hydrogen) atoms. The molecule has 0 spiro atoms. The van der Waals surface area contributed by atoms with Gasteiger partial charge in [-0.15, -0.1) is 0 Å². The quantitative estimate of drug-likeness (QED) is 0.676. The largest absolute Gasteiger partial charge is 0.341 e. The van der Waals surface area contributed by atoms with Crippen molar-refractivity contribution in [2.45, 2.75) is 65.3 Å². The lowest BCUT2D eigenvalue weighted by Gasteiger charge is -2.27. The fourth-order valence-corrected chi connectivity index (χ4v) is 2.58. The molecule has 1 fully saturated rings. The molecule has 1 aliphatic rings. The van der Waals surface area contributed by atoms with E-state index in [-0.39, 0.29) is 0 Å². The number of nitrogens with zero attached hydrogens (tertiary/aromatic N) is 1. The van der Waals surface area contributed by atoms with E-state index in [1.165, 1.54) is 25.7 Å². The van der Waals surface area contributed by atoms with Crippen LogP contribution in [0.3, 0.4) is 0 Å². The number of nitrogens with one attached hydrogen (secondary N) is 1. The Morgan fingerprint density at radius 3 is 2.72 bits per heavy atom. The number of carbonyl (C=O) groups is 1. The van der Waals surface area contributed by atoms with Crippen molar-refractivity contribution in [2.75, 3.05) is 19.6 Å². The van der Waals surface area contributed by atoms with Crippen molar-refractivity contribution in [2.24, 2.45) is 5.92 Å². The summed E-state index contributed by atoms with van der Waals surface area (Å²) in [5.41, 5.74) is 0. The van der Waals surface area contributed by atoms with Crippen LogP contribution in [0.5, 0.6) is 0 Å². The molecule has 1 unspecified atom stereocenters. The molecule has 0 aliphatic carbocycles. The van der Waals surface area contributed by atoms with Crippen molar-refractivity contribution >= 4 is 5.91 Å². The summed E-state index contributed by atoms with van der Waals surface area (Å²) in [6, 6.07) is 0.527. The minimum atomic E-state index is 0.353. The Labute approximate surface area is 112 Å². The Balaban J connectivity index is 2.39. The highest BCUT2D eigenvalue weighted by atomic mass is 16.2. The van der Waals surface area contributed by atoms with Gasteiger partial charge in [0.25, 0.3) is 0 Å². The third-order valence-electron chi connectivity index (χ3n) is 3.54. The number of rotatable bonds is 8. The average Bonchev–Trinajstić information content (AvgIpc) is 2.80. The predicted molar refractivity (Wildman–Crippen MR) is 76.6 cm³/mol. The third kappa shape index (κ3) is 5.85. The Bertz CT molecular complexity index is 235. The lowest BCUT2D eigenvalue weighted by Crippen LogP contribution is -2.42. The SMILES string of the molecule is CCCCCC(=O)N(CC(C)C)CC1CCCN1. The van der Waals surface area contributed by atoms with Crippen LogP contribution in [0.15, 0.2) is 0 Å². The van der Waals surface area contributed by atoms with Crippen LogP contribution in [-0.2, 0) is 4.79 Å². The van der Waals surface area contributed by atoms with E-state index < -0.39 is 0 Å². The van der Waals surface area contributed by atoms with Crippen LogP contribution >= 0.6 is 0 Å². The van der Waals surface area contributed by atoms with E-state index in [1.807, 2.05) is 0 Å². The Hall–Kier alpha value is -0.570. The minimum Gasteiger partial charge on any atom is -0.341 e. The van der Waals surface area contributed by atoms with Crippen LogP contribution in [0.4, 0.5) is 0 Å². The molecule has 1 saturated heterocycles. The maximum Gasteiger partial charge on any atom is 0.222 e. The van der Waals surface area contributed by atoms with Gasteiger partial charge >= 0.3 is 0 Å². The van der Waals surface area contributed by atoms with E-state index in [0.717, 1.165) is 32.5 Å². The third-order valence-corrected chi connectivity index (χ3v) is 3.54. The van der Waals surface area contributed by atoms with Crippen LogP contribution in [-0.4, -0.2) is 36.5 Å². The molecule has 1 N–H and O–H groups in total. The van der Waals surface area contributed by atoms with Gasteiger partial charge in [-0.3, -0.25) is 4.79 Å². The molecular formula is C15H30N2O. The van der Waals surface area contributed by atoms with Crippen molar-refractivity contribution in [1.82, 2.24) is 10.2 Å². The van der Waals surface area contributed by atoms with Crippen molar-refractivity contribution < 1.29 is 4.79 Å². The first kappa shape index (κ1) is 15.5. The molecule has 106 valence electrons. The van der Waals surface area contributed by atoms with Crippen molar-refractivity contribution in [1.29, 1.82) is 0 Å². The molecule has 1 aliphatic heterocycles. The highest BCUT2D eigenvalue weighted by Crippen LogP contribution is 2.11. The van der Waals surface area contributed by atoms with Crippen LogP contribution in [0, 0.1) is 5.92 Å². The molecule has 0 saturated carbocycles. The Kier molecular flexibility index (Phi) is 7.33. The Morgan fingerprint density at radius 2 is 2.17 bits per heavy atom. The average molecular weight is 254 g/mol. The lowest BCUT2D eigenvalue weighted by molar-refractivity contribution is -0.132. The Morgan fingerprint density at radius 1 is 1.39 bits per heavy atom. The van der Waals surface area contributed by atoms with Crippen LogP contribution in [0.1, 0.15) is 59.3 Å². The highest BCUT2D eigenvalue weighted by Gasteiger charge is 2.21. The number of unbranched alkanes of at least 4 members (excludes halogenated alkanes) is 2. The maximum atomic E-state index is 12.2. The maximum absolute atomic E-state index is 12.2. The molecule has 3 heteroatoms. The van der Waals surface area contributed by atoms with E-state index in [2.05, 4.69) is 31.0 Å². The minimum absolute atomic E-state index is 0.353. The number of amides is 1. The molecule has 0 aromatic carbocycles. The molecular weight excluding hydrogens is 224 g/mol. The summed E-state index contributed by atoms with van der Waals surface area (Å²) in [5.74, 6) is 0.910. The number of hydrogen-bond acceptors (Lipinski definition) is 2.